The molecule has 0 aromatic rings. The molecule has 0 spiro atoms. The zero-order valence-electron chi connectivity index (χ0n) is 36.5. The van der Waals surface area contributed by atoms with Gasteiger partial charge < -0.3 is 15.0 Å². The Morgan fingerprint density at radius 1 is 0.927 bits per heavy atom. The van der Waals surface area contributed by atoms with E-state index in [1.807, 2.05) is 13.8 Å². The van der Waals surface area contributed by atoms with Gasteiger partial charge in [0.15, 0.2) is 9.84 Å². The molecule has 0 bridgehead atoms. The smallest absolute Gasteiger partial charge is 0.312 e. The summed E-state index contributed by atoms with van der Waals surface area (Å²) in [5.74, 6) is 3.88. The van der Waals surface area contributed by atoms with E-state index in [2.05, 4.69) is 77.4 Å². The van der Waals surface area contributed by atoms with Crippen LogP contribution >= 0.6 is 0 Å². The van der Waals surface area contributed by atoms with E-state index in [0.29, 0.717) is 65.0 Å². The van der Waals surface area contributed by atoms with E-state index in [4.69, 9.17) is 4.74 Å². The number of allylic oxidation sites excluding steroid dienone is 5. The molecule has 6 nitrogen and oxygen atoms in total. The van der Waals surface area contributed by atoms with Crippen molar-refractivity contribution in [2.24, 2.45) is 56.7 Å². The molecule has 5 fully saturated rings. The van der Waals surface area contributed by atoms with Crippen molar-refractivity contribution in [1.29, 1.82) is 0 Å². The molecule has 1 aliphatic heterocycles. The normalized spacial score (nSPS) is 43.6. The Morgan fingerprint density at radius 3 is 2.29 bits per heavy atom. The molecule has 0 radical (unpaired) electrons. The Kier molecular flexibility index (Phi) is 11.1. The number of hydrogen-bond donors (Lipinski definition) is 1. The molecular weight excluding hydrogens is 701 g/mol. The molecule has 7 aliphatic rings. The number of nitrogens with one attached hydrogen (secondary N) is 1. The SMILES string of the molecule is C=C(C)[C@@H]1CC[C@]2(NCCN3CCS(=O)(=O)CC3)CC[C@]3(C)[C@H](CC[C@@H]4[C@@]5(C)CC=C(C6=CCC(CCC)(C(=O)OC(C)C)CC6)C(C)(C)[C@@H]5CC[C@]43C)[C@@H]12. The summed E-state index contributed by atoms with van der Waals surface area (Å²) in [5.41, 5.74) is 5.24. The summed E-state index contributed by atoms with van der Waals surface area (Å²) in [6.07, 6.45) is 21.2. The van der Waals surface area contributed by atoms with Crippen molar-refractivity contribution in [3.05, 3.63) is 35.5 Å². The van der Waals surface area contributed by atoms with Crippen LogP contribution in [0.15, 0.2) is 35.5 Å². The topological polar surface area (TPSA) is 75.7 Å². The minimum absolute atomic E-state index is 0.0136. The number of rotatable bonds is 10. The predicted octanol–water partition coefficient (Wildman–Crippen LogP) is 10.1. The number of carbonyl (C=O) groups excluding carboxylic acids is 1. The first-order valence-corrected chi connectivity index (χ1v) is 24.5. The Morgan fingerprint density at radius 2 is 1.65 bits per heavy atom. The van der Waals surface area contributed by atoms with E-state index in [9.17, 15) is 13.2 Å². The number of ether oxygens (including phenoxy) is 1. The van der Waals surface area contributed by atoms with Crippen molar-refractivity contribution in [2.45, 2.75) is 164 Å². The molecule has 10 atom stereocenters. The van der Waals surface area contributed by atoms with Crippen LogP contribution in [0.25, 0.3) is 0 Å². The first kappa shape index (κ1) is 41.7. The van der Waals surface area contributed by atoms with Crippen LogP contribution in [0.5, 0.6) is 0 Å². The molecule has 0 aromatic carbocycles. The van der Waals surface area contributed by atoms with E-state index in [1.54, 1.807) is 5.57 Å². The molecule has 310 valence electrons. The van der Waals surface area contributed by atoms with Gasteiger partial charge in [-0.1, -0.05) is 72.3 Å². The van der Waals surface area contributed by atoms with Crippen molar-refractivity contribution in [2.75, 3.05) is 37.7 Å². The first-order valence-electron chi connectivity index (χ1n) is 22.7. The lowest BCUT2D eigenvalue weighted by atomic mass is 9.33. The second kappa shape index (κ2) is 14.7. The minimum Gasteiger partial charge on any atom is -0.463 e. The first-order chi connectivity index (χ1) is 25.8. The molecule has 55 heavy (non-hydrogen) atoms. The maximum absolute atomic E-state index is 13.4. The van der Waals surface area contributed by atoms with E-state index >= 15 is 0 Å². The number of esters is 1. The fourth-order valence-electron chi connectivity index (χ4n) is 15.5. The number of nitrogens with zero attached hydrogens (tertiary/aromatic N) is 1. The predicted molar refractivity (Wildman–Crippen MR) is 226 cm³/mol. The Labute approximate surface area is 336 Å². The molecular formula is C48H78N2O4S. The molecule has 4 saturated carbocycles. The molecule has 1 unspecified atom stereocenters. The fraction of sp³-hybridized carbons (Fsp3) is 0.854. The summed E-state index contributed by atoms with van der Waals surface area (Å²) in [6, 6.07) is 0. The molecule has 6 aliphatic carbocycles. The lowest BCUT2D eigenvalue weighted by Crippen LogP contribution is -2.68. The molecule has 7 rings (SSSR count). The van der Waals surface area contributed by atoms with Crippen LogP contribution in [0, 0.1) is 56.7 Å². The third-order valence-corrected chi connectivity index (χ3v) is 20.1. The lowest BCUT2D eigenvalue weighted by Gasteiger charge is -2.72. The summed E-state index contributed by atoms with van der Waals surface area (Å²) in [7, 11) is -2.86. The van der Waals surface area contributed by atoms with Gasteiger partial charge in [-0.15, -0.1) is 0 Å². The van der Waals surface area contributed by atoms with E-state index in [1.165, 1.54) is 68.9 Å². The van der Waals surface area contributed by atoms with Gasteiger partial charge in [-0.05, 0) is 167 Å². The quantitative estimate of drug-likeness (QED) is 0.176. The molecule has 1 heterocycles. The summed E-state index contributed by atoms with van der Waals surface area (Å²) in [5, 5.41) is 4.24. The Balaban J connectivity index is 1.12. The Hall–Kier alpha value is -1.44. The fourth-order valence-corrected chi connectivity index (χ4v) is 16.8. The van der Waals surface area contributed by atoms with Crippen LogP contribution in [0.3, 0.4) is 0 Å². The van der Waals surface area contributed by atoms with Gasteiger partial charge in [0, 0.05) is 31.7 Å². The number of hydrogen-bond acceptors (Lipinski definition) is 6. The monoisotopic (exact) mass is 779 g/mol. The highest BCUT2D eigenvalue weighted by Crippen LogP contribution is 2.76. The van der Waals surface area contributed by atoms with Gasteiger partial charge in [-0.3, -0.25) is 4.79 Å². The second-order valence-corrected chi connectivity index (χ2v) is 24.0. The van der Waals surface area contributed by atoms with Crippen LogP contribution in [-0.2, 0) is 19.4 Å². The second-order valence-electron chi connectivity index (χ2n) is 21.7. The highest BCUT2D eigenvalue weighted by molar-refractivity contribution is 7.91. The van der Waals surface area contributed by atoms with E-state index in [-0.39, 0.29) is 33.9 Å². The van der Waals surface area contributed by atoms with Crippen LogP contribution in [0.1, 0.15) is 152 Å². The third-order valence-electron chi connectivity index (χ3n) is 18.4. The van der Waals surface area contributed by atoms with Gasteiger partial charge in [0.1, 0.15) is 0 Å². The van der Waals surface area contributed by atoms with Gasteiger partial charge >= 0.3 is 5.97 Å². The van der Waals surface area contributed by atoms with Crippen molar-refractivity contribution in [1.82, 2.24) is 10.2 Å². The third kappa shape index (κ3) is 6.80. The maximum Gasteiger partial charge on any atom is 0.312 e. The summed E-state index contributed by atoms with van der Waals surface area (Å²) in [4.78, 5) is 15.8. The molecule has 1 saturated heterocycles. The molecule has 0 amide bonds. The summed E-state index contributed by atoms with van der Waals surface area (Å²) < 4.78 is 30.0. The molecule has 0 aromatic heterocycles. The molecule has 7 heteroatoms. The van der Waals surface area contributed by atoms with Crippen LogP contribution < -0.4 is 5.32 Å². The highest BCUT2D eigenvalue weighted by atomic mass is 32.2. The zero-order valence-corrected chi connectivity index (χ0v) is 37.3. The van der Waals surface area contributed by atoms with E-state index < -0.39 is 9.84 Å². The van der Waals surface area contributed by atoms with Crippen molar-refractivity contribution in [3.63, 3.8) is 0 Å². The zero-order chi connectivity index (χ0) is 39.8. The van der Waals surface area contributed by atoms with Crippen molar-refractivity contribution >= 4 is 15.8 Å². The van der Waals surface area contributed by atoms with Crippen LogP contribution in [-0.4, -0.2) is 68.6 Å². The van der Waals surface area contributed by atoms with Gasteiger partial charge in [0.2, 0.25) is 0 Å². The van der Waals surface area contributed by atoms with Gasteiger partial charge in [-0.25, -0.2) is 8.42 Å². The standard InChI is InChI=1S/C48H78N2O4S/c1-11-19-47(42(51)54-34(4)5)22-14-35(15-23-47)37-17-20-44(8)39(43(37,6)7)18-21-46(10)40(44)13-12-38-41-36(33(2)3)16-24-48(41,26-25-45(38,46)9)49-27-28-50-29-31-55(52,53)32-30-50/h14,17,34,36,38-41,49H,2,11-13,15-16,18-32H2,1,3-10H3/t36-,38+,39-,40+,41+,44-,45+,46+,47?,48-/m0/s1. The minimum atomic E-state index is -2.86. The maximum atomic E-state index is 13.4. The number of fused-ring (bicyclic) bond motifs is 7. The average Bonchev–Trinajstić information content (AvgIpc) is 3.49. The highest BCUT2D eigenvalue weighted by Gasteiger charge is 2.70. The number of sulfone groups is 1. The largest absolute Gasteiger partial charge is 0.463 e. The van der Waals surface area contributed by atoms with Crippen molar-refractivity contribution < 1.29 is 17.9 Å². The van der Waals surface area contributed by atoms with Crippen LogP contribution in [0.2, 0.25) is 0 Å². The lowest BCUT2D eigenvalue weighted by molar-refractivity contribution is -0.221. The van der Waals surface area contributed by atoms with Gasteiger partial charge in [-0.2, -0.15) is 0 Å². The summed E-state index contributed by atoms with van der Waals surface area (Å²) in [6.45, 7) is 29.6. The van der Waals surface area contributed by atoms with Gasteiger partial charge in [0.05, 0.1) is 23.0 Å². The Bertz CT molecular complexity index is 1660. The van der Waals surface area contributed by atoms with E-state index in [0.717, 1.165) is 45.2 Å². The number of carbonyl (C=O) groups is 1. The average molecular weight is 779 g/mol. The van der Waals surface area contributed by atoms with Crippen molar-refractivity contribution in [3.8, 4) is 0 Å². The summed E-state index contributed by atoms with van der Waals surface area (Å²) >= 11 is 0. The molecule has 1 N–H and O–H groups in total. The van der Waals surface area contributed by atoms with Gasteiger partial charge in [0.25, 0.3) is 0 Å². The van der Waals surface area contributed by atoms with Crippen LogP contribution in [0.4, 0.5) is 0 Å².